The average molecular weight is 182 g/mol. The Bertz CT molecular complexity index is 149. The maximum Gasteiger partial charge on any atom is 0.183 e. The molecule has 2 rings (SSSR count). The van der Waals surface area contributed by atoms with E-state index in [1.54, 1.807) is 0 Å². The van der Waals surface area contributed by atoms with Crippen molar-refractivity contribution in [3.63, 3.8) is 0 Å². The zero-order valence-electron chi connectivity index (χ0n) is 7.32. The molecule has 2 radical (unpaired) electrons. The van der Waals surface area contributed by atoms with Gasteiger partial charge in [-0.05, 0) is 12.8 Å². The Hall–Kier alpha value is 0.335. The lowest BCUT2D eigenvalue weighted by molar-refractivity contribution is 0.107. The molecule has 0 aromatic carbocycles. The molecular weight excluding hydrogens is 167 g/mol. The van der Waals surface area contributed by atoms with Crippen LogP contribution in [0.5, 0.6) is 0 Å². The number of hydrogen-bond donors (Lipinski definition) is 1. The first-order valence-corrected chi connectivity index (χ1v) is 5.16. The smallest absolute Gasteiger partial charge is 0.183 e. The molecule has 2 aliphatic rings. The third-order valence-corrected chi connectivity index (χ3v) is 3.59. The highest BCUT2D eigenvalue weighted by atomic mass is 32.1. The molecule has 66 valence electrons. The molecule has 0 bridgehead atoms. The van der Waals surface area contributed by atoms with Gasteiger partial charge in [-0.1, -0.05) is 25.7 Å². The molecular formula is C8H15BN2S. The molecule has 12 heavy (non-hydrogen) atoms. The summed E-state index contributed by atoms with van der Waals surface area (Å²) >= 11 is 4.48. The van der Waals surface area contributed by atoms with E-state index in [9.17, 15) is 0 Å². The summed E-state index contributed by atoms with van der Waals surface area (Å²) in [6, 6.07) is 1.16. The van der Waals surface area contributed by atoms with Crippen LogP contribution in [0.25, 0.3) is 0 Å². The predicted octanol–water partition coefficient (Wildman–Crippen LogP) is 0.843. The van der Waals surface area contributed by atoms with Crippen LogP contribution in [0.4, 0.5) is 0 Å². The molecule has 2 nitrogen and oxygen atoms in total. The van der Waals surface area contributed by atoms with Crippen LogP contribution >= 0.6 is 12.8 Å². The normalized spacial score (nSPS) is 39.4. The van der Waals surface area contributed by atoms with E-state index in [4.69, 9.17) is 7.98 Å². The van der Waals surface area contributed by atoms with Crippen LogP contribution in [0.2, 0.25) is 0 Å². The summed E-state index contributed by atoms with van der Waals surface area (Å²) in [5.74, 6) is 0. The first-order chi connectivity index (χ1) is 5.79. The summed E-state index contributed by atoms with van der Waals surface area (Å²) in [6.45, 7) is 1.96. The van der Waals surface area contributed by atoms with Gasteiger partial charge in [0.2, 0.25) is 0 Å². The van der Waals surface area contributed by atoms with Crippen LogP contribution in [-0.2, 0) is 0 Å². The summed E-state index contributed by atoms with van der Waals surface area (Å²) < 4.78 is 2.17. The Morgan fingerprint density at radius 2 is 1.75 bits per heavy atom. The summed E-state index contributed by atoms with van der Waals surface area (Å²) in [5, 5.41) is 0. The van der Waals surface area contributed by atoms with Gasteiger partial charge in [-0.2, -0.15) is 0 Å². The van der Waals surface area contributed by atoms with Gasteiger partial charge in [0.05, 0.1) is 0 Å². The first kappa shape index (κ1) is 8.91. The standard InChI is InChI=1S/C8H15BN2S/c9-10-5-6-11(12)8-4-2-1-3-7(8)10/h7-8,12H,1-6H2. The first-order valence-electron chi connectivity index (χ1n) is 4.76. The lowest BCUT2D eigenvalue weighted by Crippen LogP contribution is -2.56. The molecule has 0 amide bonds. The van der Waals surface area contributed by atoms with Crippen molar-refractivity contribution < 1.29 is 0 Å². The Morgan fingerprint density at radius 3 is 2.42 bits per heavy atom. The van der Waals surface area contributed by atoms with E-state index < -0.39 is 0 Å². The Kier molecular flexibility index (Phi) is 2.67. The topological polar surface area (TPSA) is 6.48 Å². The number of fused-ring (bicyclic) bond motifs is 1. The Morgan fingerprint density at radius 1 is 1.08 bits per heavy atom. The second-order valence-corrected chi connectivity index (χ2v) is 4.33. The summed E-state index contributed by atoms with van der Waals surface area (Å²) in [6.07, 6.45) is 5.18. The van der Waals surface area contributed by atoms with Gasteiger partial charge < -0.3 is 4.81 Å². The second-order valence-electron chi connectivity index (χ2n) is 3.82. The molecule has 1 aliphatic carbocycles. The van der Waals surface area contributed by atoms with Crippen LogP contribution in [-0.4, -0.2) is 42.3 Å². The van der Waals surface area contributed by atoms with Crippen LogP contribution in [0.15, 0.2) is 0 Å². The fourth-order valence-corrected chi connectivity index (χ4v) is 2.73. The maximum absolute atomic E-state index is 5.92. The van der Waals surface area contributed by atoms with Gasteiger partial charge in [0.15, 0.2) is 7.98 Å². The molecule has 1 saturated carbocycles. The molecule has 1 heterocycles. The highest BCUT2D eigenvalue weighted by molar-refractivity contribution is 7.77. The van der Waals surface area contributed by atoms with Crippen LogP contribution < -0.4 is 0 Å². The molecule has 1 saturated heterocycles. The van der Waals surface area contributed by atoms with Gasteiger partial charge in [0, 0.05) is 25.2 Å². The predicted molar refractivity (Wildman–Crippen MR) is 54.2 cm³/mol. The van der Waals surface area contributed by atoms with E-state index in [0.717, 1.165) is 13.1 Å². The summed E-state index contributed by atoms with van der Waals surface area (Å²) in [7, 11) is 5.92. The molecule has 2 unspecified atom stereocenters. The number of rotatable bonds is 0. The lowest BCUT2D eigenvalue weighted by atomic mass is 9.86. The second kappa shape index (κ2) is 3.60. The quantitative estimate of drug-likeness (QED) is 0.438. The SMILES string of the molecule is [B]N1CCN(S)C2CCCCC21. The van der Waals surface area contributed by atoms with Crippen molar-refractivity contribution in [2.24, 2.45) is 0 Å². The minimum Gasteiger partial charge on any atom is -0.349 e. The Labute approximate surface area is 81.3 Å². The zero-order valence-corrected chi connectivity index (χ0v) is 8.21. The lowest BCUT2D eigenvalue weighted by Gasteiger charge is -2.47. The van der Waals surface area contributed by atoms with E-state index >= 15 is 0 Å². The van der Waals surface area contributed by atoms with Crippen molar-refractivity contribution >= 4 is 20.8 Å². The maximum atomic E-state index is 5.92. The zero-order chi connectivity index (χ0) is 8.55. The molecule has 0 N–H and O–H groups in total. The number of thiol groups is 1. The number of nitrogens with zero attached hydrogens (tertiary/aromatic N) is 2. The summed E-state index contributed by atoms with van der Waals surface area (Å²) in [5.41, 5.74) is 0. The fourth-order valence-electron chi connectivity index (χ4n) is 2.38. The molecule has 2 atom stereocenters. The van der Waals surface area contributed by atoms with Crippen molar-refractivity contribution in [3.05, 3.63) is 0 Å². The van der Waals surface area contributed by atoms with Crippen LogP contribution in [0, 0.1) is 0 Å². The van der Waals surface area contributed by atoms with Gasteiger partial charge in [-0.3, -0.25) is 0 Å². The third-order valence-electron chi connectivity index (χ3n) is 3.09. The van der Waals surface area contributed by atoms with E-state index in [1.165, 1.54) is 25.7 Å². The van der Waals surface area contributed by atoms with Gasteiger partial charge >= 0.3 is 0 Å². The minimum absolute atomic E-state index is 0.560. The number of piperazine rings is 1. The van der Waals surface area contributed by atoms with Gasteiger partial charge in [-0.15, -0.1) is 0 Å². The van der Waals surface area contributed by atoms with Gasteiger partial charge in [0.1, 0.15) is 0 Å². The molecule has 2 fully saturated rings. The minimum atomic E-state index is 0.560. The summed E-state index contributed by atoms with van der Waals surface area (Å²) in [4.78, 5) is 2.01. The molecule has 0 spiro atoms. The van der Waals surface area contributed by atoms with Gasteiger partial charge in [-0.25, -0.2) is 4.31 Å². The monoisotopic (exact) mass is 182 g/mol. The molecule has 4 heteroatoms. The molecule has 0 aromatic heterocycles. The van der Waals surface area contributed by atoms with E-state index in [-0.39, 0.29) is 0 Å². The highest BCUT2D eigenvalue weighted by Gasteiger charge is 2.34. The van der Waals surface area contributed by atoms with E-state index in [2.05, 4.69) is 17.1 Å². The number of hydrogen-bond acceptors (Lipinski definition) is 3. The largest absolute Gasteiger partial charge is 0.349 e. The van der Waals surface area contributed by atoms with Crippen LogP contribution in [0.1, 0.15) is 25.7 Å². The molecule has 0 aromatic rings. The average Bonchev–Trinajstić information content (AvgIpc) is 2.12. The Balaban J connectivity index is 2.05. The van der Waals surface area contributed by atoms with Crippen molar-refractivity contribution in [1.82, 2.24) is 9.12 Å². The van der Waals surface area contributed by atoms with Gasteiger partial charge in [0.25, 0.3) is 0 Å². The molecule has 1 aliphatic heterocycles. The van der Waals surface area contributed by atoms with Crippen molar-refractivity contribution in [2.45, 2.75) is 37.8 Å². The highest BCUT2D eigenvalue weighted by Crippen LogP contribution is 2.29. The van der Waals surface area contributed by atoms with E-state index in [0.29, 0.717) is 12.1 Å². The van der Waals surface area contributed by atoms with E-state index in [1.807, 2.05) is 4.81 Å². The van der Waals surface area contributed by atoms with Crippen molar-refractivity contribution in [1.29, 1.82) is 0 Å². The fraction of sp³-hybridized carbons (Fsp3) is 1.00. The van der Waals surface area contributed by atoms with Crippen molar-refractivity contribution in [2.75, 3.05) is 13.1 Å². The van der Waals surface area contributed by atoms with Crippen LogP contribution in [0.3, 0.4) is 0 Å². The third kappa shape index (κ3) is 1.52. The van der Waals surface area contributed by atoms with Crippen molar-refractivity contribution in [3.8, 4) is 0 Å².